The maximum Gasteiger partial charge on any atom is 0.274 e. The van der Waals surface area contributed by atoms with E-state index in [0.717, 1.165) is 6.07 Å². The Hall–Kier alpha value is -2.42. The normalized spacial score (nSPS) is 9.67. The Morgan fingerprint density at radius 2 is 2.19 bits per heavy atom. The molecule has 1 aromatic carbocycles. The van der Waals surface area contributed by atoms with Gasteiger partial charge in [0.15, 0.2) is 0 Å². The van der Waals surface area contributed by atoms with Crippen molar-refractivity contribution in [1.29, 1.82) is 0 Å². The monoisotopic (exact) mass is 304 g/mol. The van der Waals surface area contributed by atoms with Crippen LogP contribution in [-0.4, -0.2) is 22.6 Å². The molecule has 1 amide bonds. The summed E-state index contributed by atoms with van der Waals surface area (Å²) in [5.41, 5.74) is 0.891. The van der Waals surface area contributed by atoms with Crippen molar-refractivity contribution in [2.45, 2.75) is 0 Å². The number of hydrogen-bond donors (Lipinski definition) is 2. The quantitative estimate of drug-likeness (QED) is 0.838. The number of rotatable bonds is 2. The highest BCUT2D eigenvalue weighted by molar-refractivity contribution is 6.33. The zero-order valence-electron chi connectivity index (χ0n) is 10.7. The molecule has 2 N–H and O–H groups in total. The molecule has 4 nitrogen and oxygen atoms in total. The van der Waals surface area contributed by atoms with Crippen LogP contribution in [0.1, 0.15) is 16.1 Å². The topological polar surface area (TPSA) is 62.2 Å². The van der Waals surface area contributed by atoms with Crippen molar-refractivity contribution in [2.75, 3.05) is 11.9 Å². The van der Waals surface area contributed by atoms with E-state index in [1.54, 1.807) is 6.07 Å². The Morgan fingerprint density at radius 1 is 1.38 bits per heavy atom. The van der Waals surface area contributed by atoms with Gasteiger partial charge in [-0.2, -0.15) is 0 Å². The summed E-state index contributed by atoms with van der Waals surface area (Å²) in [5, 5.41) is 11.3. The van der Waals surface area contributed by atoms with E-state index in [4.69, 9.17) is 16.7 Å². The number of nitrogens with zero attached hydrogens (tertiary/aromatic N) is 1. The van der Waals surface area contributed by atoms with Gasteiger partial charge in [-0.15, -0.1) is 0 Å². The van der Waals surface area contributed by atoms with Crippen LogP contribution in [0.4, 0.5) is 10.1 Å². The van der Waals surface area contributed by atoms with Crippen LogP contribution in [0.25, 0.3) is 0 Å². The van der Waals surface area contributed by atoms with Crippen molar-refractivity contribution in [2.24, 2.45) is 0 Å². The zero-order chi connectivity index (χ0) is 15.2. The summed E-state index contributed by atoms with van der Waals surface area (Å²) < 4.78 is 13.1. The van der Waals surface area contributed by atoms with Gasteiger partial charge in [0.1, 0.15) is 18.1 Å². The third kappa shape index (κ3) is 4.02. The first kappa shape index (κ1) is 15.0. The van der Waals surface area contributed by atoms with E-state index in [1.165, 1.54) is 24.4 Å². The van der Waals surface area contributed by atoms with E-state index in [2.05, 4.69) is 22.1 Å². The molecule has 0 radical (unpaired) electrons. The molecule has 2 rings (SSSR count). The van der Waals surface area contributed by atoms with Gasteiger partial charge in [-0.1, -0.05) is 23.4 Å². The van der Waals surface area contributed by atoms with Gasteiger partial charge >= 0.3 is 0 Å². The van der Waals surface area contributed by atoms with Crippen LogP contribution in [0.2, 0.25) is 5.02 Å². The van der Waals surface area contributed by atoms with Crippen LogP contribution in [0.5, 0.6) is 0 Å². The highest BCUT2D eigenvalue weighted by atomic mass is 35.5. The summed E-state index contributed by atoms with van der Waals surface area (Å²) in [4.78, 5) is 15.9. The Kier molecular flexibility index (Phi) is 4.88. The number of anilines is 1. The van der Waals surface area contributed by atoms with E-state index in [1.807, 2.05) is 0 Å². The molecule has 106 valence electrons. The van der Waals surface area contributed by atoms with Crippen molar-refractivity contribution < 1.29 is 14.3 Å². The second kappa shape index (κ2) is 6.84. The van der Waals surface area contributed by atoms with Gasteiger partial charge in [-0.25, -0.2) is 9.37 Å². The first-order chi connectivity index (χ1) is 10.1. The average molecular weight is 305 g/mol. The molecule has 0 fully saturated rings. The van der Waals surface area contributed by atoms with E-state index < -0.39 is 11.7 Å². The lowest BCUT2D eigenvalue weighted by Crippen LogP contribution is -2.14. The lowest BCUT2D eigenvalue weighted by atomic mass is 10.2. The highest BCUT2D eigenvalue weighted by Gasteiger charge is 2.10. The third-order valence-electron chi connectivity index (χ3n) is 2.48. The van der Waals surface area contributed by atoms with Gasteiger partial charge in [-0.3, -0.25) is 4.79 Å². The van der Waals surface area contributed by atoms with Crippen LogP contribution < -0.4 is 5.32 Å². The first-order valence-electron chi connectivity index (χ1n) is 5.92. The number of aliphatic hydroxyl groups is 1. The molecule has 0 bridgehead atoms. The van der Waals surface area contributed by atoms with Gasteiger partial charge in [0.2, 0.25) is 0 Å². The van der Waals surface area contributed by atoms with E-state index in [-0.39, 0.29) is 23.0 Å². The number of nitrogens with one attached hydrogen (secondary N) is 1. The number of aromatic nitrogens is 1. The van der Waals surface area contributed by atoms with Gasteiger partial charge in [-0.05, 0) is 30.3 Å². The predicted octanol–water partition coefficient (Wildman–Crippen LogP) is 2.47. The van der Waals surface area contributed by atoms with Crippen LogP contribution in [0.15, 0.2) is 36.5 Å². The van der Waals surface area contributed by atoms with E-state index >= 15 is 0 Å². The average Bonchev–Trinajstić information content (AvgIpc) is 2.49. The number of hydrogen-bond acceptors (Lipinski definition) is 3. The summed E-state index contributed by atoms with van der Waals surface area (Å²) in [5.74, 6) is 4.12. The number of halogens is 2. The summed E-state index contributed by atoms with van der Waals surface area (Å²) in [6.45, 7) is -0.250. The van der Waals surface area contributed by atoms with Gasteiger partial charge in [0, 0.05) is 11.8 Å². The largest absolute Gasteiger partial charge is 0.384 e. The Labute approximate surface area is 125 Å². The minimum Gasteiger partial charge on any atom is -0.384 e. The number of carbonyl (C=O) groups excluding carboxylic acids is 1. The predicted molar refractivity (Wildman–Crippen MR) is 77.6 cm³/mol. The first-order valence-corrected chi connectivity index (χ1v) is 6.30. The van der Waals surface area contributed by atoms with Crippen molar-refractivity contribution in [3.8, 4) is 11.8 Å². The zero-order valence-corrected chi connectivity index (χ0v) is 11.5. The molecule has 0 saturated carbocycles. The fourth-order valence-electron chi connectivity index (χ4n) is 1.52. The van der Waals surface area contributed by atoms with Crippen LogP contribution in [-0.2, 0) is 0 Å². The maximum absolute atomic E-state index is 13.1. The molecule has 21 heavy (non-hydrogen) atoms. The lowest BCUT2D eigenvalue weighted by Gasteiger charge is -2.06. The molecule has 1 heterocycles. The fraction of sp³-hybridized carbons (Fsp3) is 0.0667. The maximum atomic E-state index is 13.1. The molecule has 0 aliphatic rings. The molecule has 1 aromatic heterocycles. The second-order valence-electron chi connectivity index (χ2n) is 3.97. The fourth-order valence-corrected chi connectivity index (χ4v) is 1.69. The standard InChI is InChI=1S/C15H10ClFN2O2/c16-12-5-4-11(17)8-14(12)19-15(21)13-6-3-10(9-18-13)2-1-7-20/h3-6,8-9,20H,7H2,(H,19,21). The van der Waals surface area contributed by atoms with E-state index in [9.17, 15) is 9.18 Å². The molecular formula is C15H10ClFN2O2. The molecule has 0 saturated heterocycles. The summed E-state index contributed by atoms with van der Waals surface area (Å²) >= 11 is 5.87. The second-order valence-corrected chi connectivity index (χ2v) is 4.38. The molecular weight excluding hydrogens is 295 g/mol. The molecule has 6 heteroatoms. The van der Waals surface area contributed by atoms with Gasteiger partial charge < -0.3 is 10.4 Å². The number of aliphatic hydroxyl groups excluding tert-OH is 1. The van der Waals surface area contributed by atoms with Crippen molar-refractivity contribution in [3.05, 3.63) is 58.6 Å². The molecule has 0 unspecified atom stereocenters. The number of benzene rings is 1. The highest BCUT2D eigenvalue weighted by Crippen LogP contribution is 2.22. The smallest absolute Gasteiger partial charge is 0.274 e. The van der Waals surface area contributed by atoms with Crippen LogP contribution in [0, 0.1) is 17.7 Å². The number of carbonyl (C=O) groups is 1. The number of amides is 1. The van der Waals surface area contributed by atoms with E-state index in [0.29, 0.717) is 5.56 Å². The summed E-state index contributed by atoms with van der Waals surface area (Å²) in [7, 11) is 0. The van der Waals surface area contributed by atoms with Crippen molar-refractivity contribution >= 4 is 23.2 Å². The van der Waals surface area contributed by atoms with Crippen molar-refractivity contribution in [1.82, 2.24) is 4.98 Å². The van der Waals surface area contributed by atoms with Crippen molar-refractivity contribution in [3.63, 3.8) is 0 Å². The van der Waals surface area contributed by atoms with Crippen LogP contribution in [0.3, 0.4) is 0 Å². The Balaban J connectivity index is 2.15. The molecule has 0 spiro atoms. The van der Waals surface area contributed by atoms with Gasteiger partial charge in [0.25, 0.3) is 5.91 Å². The molecule has 0 atom stereocenters. The molecule has 2 aromatic rings. The minimum atomic E-state index is -0.510. The third-order valence-corrected chi connectivity index (χ3v) is 2.81. The SMILES string of the molecule is O=C(Nc1cc(F)ccc1Cl)c1ccc(C#CCO)cn1. The summed E-state index contributed by atoms with van der Waals surface area (Å²) in [6.07, 6.45) is 1.41. The lowest BCUT2D eigenvalue weighted by molar-refractivity contribution is 0.102. The number of pyridine rings is 1. The van der Waals surface area contributed by atoms with Crippen LogP contribution >= 0.6 is 11.6 Å². The molecule has 0 aliphatic carbocycles. The summed E-state index contributed by atoms with van der Waals surface area (Å²) in [6, 6.07) is 6.75. The Bertz CT molecular complexity index is 721. The Morgan fingerprint density at radius 3 is 2.86 bits per heavy atom. The van der Waals surface area contributed by atoms with Gasteiger partial charge in [0.05, 0.1) is 10.7 Å². The molecule has 0 aliphatic heterocycles. The minimum absolute atomic E-state index is 0.143.